The molecule has 1 heterocycles. The van der Waals surface area contributed by atoms with E-state index in [1.54, 1.807) is 6.92 Å². The van der Waals surface area contributed by atoms with Crippen LogP contribution in [0.5, 0.6) is 0 Å². The second-order valence-electron chi connectivity index (χ2n) is 4.61. The van der Waals surface area contributed by atoms with Gasteiger partial charge in [0, 0.05) is 12.1 Å². The third-order valence-corrected chi connectivity index (χ3v) is 2.87. The number of pyridine rings is 1. The number of rotatable bonds is 5. The number of nitrogens with one attached hydrogen (secondary N) is 2. The van der Waals surface area contributed by atoms with Gasteiger partial charge in [-0.1, -0.05) is 0 Å². The van der Waals surface area contributed by atoms with Crippen molar-refractivity contribution in [2.75, 3.05) is 5.32 Å². The SMILES string of the molecule is CC(Nc1ncc([N+](=O)[O-])cc1C#N)C(=O)NC1CC1. The predicted octanol–water partition coefficient (Wildman–Crippen LogP) is 0.940. The number of nitrogens with zero attached hydrogens (tertiary/aromatic N) is 3. The van der Waals surface area contributed by atoms with E-state index in [-0.39, 0.29) is 29.0 Å². The van der Waals surface area contributed by atoms with E-state index in [0.29, 0.717) is 0 Å². The molecule has 0 radical (unpaired) electrons. The van der Waals surface area contributed by atoms with Gasteiger partial charge in [-0.3, -0.25) is 14.9 Å². The van der Waals surface area contributed by atoms with Crippen LogP contribution in [0, 0.1) is 21.4 Å². The highest BCUT2D eigenvalue weighted by atomic mass is 16.6. The van der Waals surface area contributed by atoms with E-state index in [9.17, 15) is 14.9 Å². The molecule has 0 bridgehead atoms. The first-order chi connectivity index (χ1) is 9.51. The molecule has 1 aromatic heterocycles. The smallest absolute Gasteiger partial charge is 0.289 e. The Balaban J connectivity index is 2.09. The van der Waals surface area contributed by atoms with E-state index in [1.807, 2.05) is 6.07 Å². The van der Waals surface area contributed by atoms with Crippen LogP contribution in [0.4, 0.5) is 11.5 Å². The van der Waals surface area contributed by atoms with Gasteiger partial charge in [0.15, 0.2) is 0 Å². The van der Waals surface area contributed by atoms with Crippen molar-refractivity contribution < 1.29 is 9.72 Å². The number of nitriles is 1. The summed E-state index contributed by atoms with van der Waals surface area (Å²) in [5.74, 6) is -0.0203. The number of anilines is 1. The van der Waals surface area contributed by atoms with Gasteiger partial charge in [-0.05, 0) is 19.8 Å². The van der Waals surface area contributed by atoms with Crippen molar-refractivity contribution in [3.8, 4) is 6.07 Å². The number of hydrogen-bond acceptors (Lipinski definition) is 6. The lowest BCUT2D eigenvalue weighted by atomic mass is 10.2. The molecular formula is C12H13N5O3. The fourth-order valence-corrected chi connectivity index (χ4v) is 1.58. The molecule has 2 N–H and O–H groups in total. The molecule has 104 valence electrons. The Morgan fingerprint density at radius 2 is 2.35 bits per heavy atom. The molecule has 0 spiro atoms. The highest BCUT2D eigenvalue weighted by molar-refractivity contribution is 5.84. The number of carbonyl (C=O) groups is 1. The van der Waals surface area contributed by atoms with E-state index < -0.39 is 11.0 Å². The zero-order chi connectivity index (χ0) is 14.7. The summed E-state index contributed by atoms with van der Waals surface area (Å²) in [7, 11) is 0. The quantitative estimate of drug-likeness (QED) is 0.609. The molecule has 8 heteroatoms. The number of nitro groups is 1. The molecule has 1 fully saturated rings. The lowest BCUT2D eigenvalue weighted by molar-refractivity contribution is -0.385. The maximum atomic E-state index is 11.8. The second-order valence-corrected chi connectivity index (χ2v) is 4.61. The van der Waals surface area contributed by atoms with Crippen molar-refractivity contribution in [3.63, 3.8) is 0 Å². The summed E-state index contributed by atoms with van der Waals surface area (Å²) >= 11 is 0. The molecule has 1 aromatic rings. The number of amides is 1. The van der Waals surface area contributed by atoms with Crippen molar-refractivity contribution >= 4 is 17.4 Å². The number of carbonyl (C=O) groups excluding carboxylic acids is 1. The average molecular weight is 275 g/mol. The summed E-state index contributed by atoms with van der Waals surface area (Å²) in [6.07, 6.45) is 3.02. The van der Waals surface area contributed by atoms with Gasteiger partial charge >= 0.3 is 0 Å². The van der Waals surface area contributed by atoms with Crippen molar-refractivity contribution in [1.29, 1.82) is 5.26 Å². The lowest BCUT2D eigenvalue weighted by Crippen LogP contribution is -2.39. The average Bonchev–Trinajstić information content (AvgIpc) is 3.22. The Labute approximate surface area is 115 Å². The molecule has 1 aliphatic carbocycles. The Kier molecular flexibility index (Phi) is 3.79. The zero-order valence-corrected chi connectivity index (χ0v) is 10.8. The third kappa shape index (κ3) is 3.20. The van der Waals surface area contributed by atoms with E-state index >= 15 is 0 Å². The molecule has 1 unspecified atom stereocenters. The molecule has 1 saturated carbocycles. The van der Waals surface area contributed by atoms with Crippen LogP contribution in [0.2, 0.25) is 0 Å². The van der Waals surface area contributed by atoms with Crippen LogP contribution in [0.3, 0.4) is 0 Å². The van der Waals surface area contributed by atoms with Gasteiger partial charge in [0.25, 0.3) is 5.69 Å². The Morgan fingerprint density at radius 1 is 1.65 bits per heavy atom. The molecule has 1 atom stereocenters. The molecule has 20 heavy (non-hydrogen) atoms. The maximum absolute atomic E-state index is 11.8. The van der Waals surface area contributed by atoms with Gasteiger partial charge in [-0.2, -0.15) is 5.26 Å². The minimum absolute atomic E-state index is 0.0327. The normalized spacial score (nSPS) is 15.0. The summed E-state index contributed by atoms with van der Waals surface area (Å²) in [4.78, 5) is 25.6. The molecule has 2 rings (SSSR count). The van der Waals surface area contributed by atoms with Crippen molar-refractivity contribution in [2.45, 2.75) is 31.8 Å². The van der Waals surface area contributed by atoms with Crippen LogP contribution in [-0.4, -0.2) is 27.9 Å². The van der Waals surface area contributed by atoms with E-state index in [1.165, 1.54) is 0 Å². The topological polar surface area (TPSA) is 121 Å². The van der Waals surface area contributed by atoms with E-state index in [4.69, 9.17) is 5.26 Å². The number of aromatic nitrogens is 1. The largest absolute Gasteiger partial charge is 0.358 e. The minimum Gasteiger partial charge on any atom is -0.358 e. The van der Waals surface area contributed by atoms with E-state index in [2.05, 4.69) is 15.6 Å². The molecule has 0 saturated heterocycles. The van der Waals surface area contributed by atoms with Crippen LogP contribution in [0.15, 0.2) is 12.3 Å². The molecule has 1 amide bonds. The van der Waals surface area contributed by atoms with Gasteiger partial charge < -0.3 is 10.6 Å². The monoisotopic (exact) mass is 275 g/mol. The summed E-state index contributed by atoms with van der Waals surface area (Å²) in [5, 5.41) is 25.2. The molecule has 1 aliphatic rings. The maximum Gasteiger partial charge on any atom is 0.289 e. The highest BCUT2D eigenvalue weighted by Crippen LogP contribution is 2.20. The summed E-state index contributed by atoms with van der Waals surface area (Å²) in [6.45, 7) is 1.64. The Bertz CT molecular complexity index is 591. The molecule has 0 aromatic carbocycles. The summed E-state index contributed by atoms with van der Waals surface area (Å²) in [5.41, 5.74) is -0.229. The van der Waals surface area contributed by atoms with Crippen LogP contribution in [0.25, 0.3) is 0 Å². The van der Waals surface area contributed by atoms with Crippen LogP contribution < -0.4 is 10.6 Å². The van der Waals surface area contributed by atoms with Crippen molar-refractivity contribution in [1.82, 2.24) is 10.3 Å². The van der Waals surface area contributed by atoms with Gasteiger partial charge in [-0.15, -0.1) is 0 Å². The van der Waals surface area contributed by atoms with Gasteiger partial charge in [0.2, 0.25) is 5.91 Å². The number of hydrogen-bond donors (Lipinski definition) is 2. The van der Waals surface area contributed by atoms with Crippen LogP contribution >= 0.6 is 0 Å². The second kappa shape index (κ2) is 5.52. The van der Waals surface area contributed by atoms with Gasteiger partial charge in [-0.25, -0.2) is 4.98 Å². The van der Waals surface area contributed by atoms with Crippen molar-refractivity contribution in [2.24, 2.45) is 0 Å². The Morgan fingerprint density at radius 3 is 2.90 bits per heavy atom. The fraction of sp³-hybridized carbons (Fsp3) is 0.417. The summed E-state index contributed by atoms with van der Waals surface area (Å²) in [6, 6.07) is 2.62. The van der Waals surface area contributed by atoms with Crippen LogP contribution in [0.1, 0.15) is 25.3 Å². The predicted molar refractivity (Wildman–Crippen MR) is 69.9 cm³/mol. The lowest BCUT2D eigenvalue weighted by Gasteiger charge is -2.14. The molecular weight excluding hydrogens is 262 g/mol. The Hall–Kier alpha value is -2.69. The zero-order valence-electron chi connectivity index (χ0n) is 10.8. The van der Waals surface area contributed by atoms with Crippen molar-refractivity contribution in [3.05, 3.63) is 27.9 Å². The first-order valence-corrected chi connectivity index (χ1v) is 6.12. The first-order valence-electron chi connectivity index (χ1n) is 6.12. The van der Waals surface area contributed by atoms with Gasteiger partial charge in [0.05, 0.1) is 4.92 Å². The fourth-order valence-electron chi connectivity index (χ4n) is 1.58. The standard InChI is InChI=1S/C12H13N5O3/c1-7(12(18)16-9-2-3-9)15-11-8(5-13)4-10(6-14-11)17(19)20/h4,6-7,9H,2-3H2,1H3,(H,14,15)(H,16,18). The first kappa shape index (κ1) is 13.7. The van der Waals surface area contributed by atoms with Crippen LogP contribution in [-0.2, 0) is 4.79 Å². The minimum atomic E-state index is -0.624. The highest BCUT2D eigenvalue weighted by Gasteiger charge is 2.26. The third-order valence-electron chi connectivity index (χ3n) is 2.87. The molecule has 0 aliphatic heterocycles. The summed E-state index contributed by atoms with van der Waals surface area (Å²) < 4.78 is 0. The molecule has 8 nitrogen and oxygen atoms in total. The van der Waals surface area contributed by atoms with E-state index in [0.717, 1.165) is 25.1 Å². The van der Waals surface area contributed by atoms with Gasteiger partial charge in [0.1, 0.15) is 29.7 Å².